The molecule has 0 spiro atoms. The number of rotatable bonds is 1. The molecule has 3 atom stereocenters. The van der Waals surface area contributed by atoms with Gasteiger partial charge >= 0.3 is 0 Å². The Bertz CT molecular complexity index is 754. The van der Waals surface area contributed by atoms with Crippen LogP contribution in [0.15, 0.2) is 27.1 Å². The number of carbonyl (C=O) groups is 1. The molecule has 1 aliphatic heterocycles. The summed E-state index contributed by atoms with van der Waals surface area (Å²) in [6, 6.07) is 6.08. The first-order valence-electron chi connectivity index (χ1n) is 7.77. The second-order valence-corrected chi connectivity index (χ2v) is 7.54. The minimum Gasteiger partial charge on any atom is -0.451 e. The Labute approximate surface area is 137 Å². The standard InChI is InChI=1S/C17H19BrN2O2/c1-9-4-12(18)5-11-6-15(22-16(9)11)17(21)20-7-10-2-3-14(19)13(10)8-20/h4-6,10,13-14H,2-3,7-8,19H2,1H3. The van der Waals surface area contributed by atoms with E-state index in [1.54, 1.807) is 0 Å². The van der Waals surface area contributed by atoms with E-state index in [1.807, 2.05) is 30.0 Å². The van der Waals surface area contributed by atoms with E-state index in [0.29, 0.717) is 17.6 Å². The van der Waals surface area contributed by atoms with Gasteiger partial charge in [-0.15, -0.1) is 0 Å². The molecule has 1 aliphatic carbocycles. The van der Waals surface area contributed by atoms with Crippen LogP contribution in [0.5, 0.6) is 0 Å². The Morgan fingerprint density at radius 1 is 1.32 bits per heavy atom. The predicted octanol–water partition coefficient (Wildman–Crippen LogP) is 3.31. The van der Waals surface area contributed by atoms with E-state index < -0.39 is 0 Å². The van der Waals surface area contributed by atoms with Crippen molar-refractivity contribution in [3.8, 4) is 0 Å². The summed E-state index contributed by atoms with van der Waals surface area (Å²) in [6.45, 7) is 3.57. The Morgan fingerprint density at radius 2 is 2.14 bits per heavy atom. The number of benzene rings is 1. The monoisotopic (exact) mass is 362 g/mol. The number of nitrogens with zero attached hydrogens (tertiary/aromatic N) is 1. The number of amides is 1. The summed E-state index contributed by atoms with van der Waals surface area (Å²) in [5.74, 6) is 1.46. The van der Waals surface area contributed by atoms with Crippen molar-refractivity contribution in [1.82, 2.24) is 4.90 Å². The van der Waals surface area contributed by atoms with Crippen LogP contribution >= 0.6 is 15.9 Å². The lowest BCUT2D eigenvalue weighted by atomic mass is 9.98. The van der Waals surface area contributed by atoms with Crippen molar-refractivity contribution in [2.45, 2.75) is 25.8 Å². The predicted molar refractivity (Wildman–Crippen MR) is 88.7 cm³/mol. The van der Waals surface area contributed by atoms with Crippen molar-refractivity contribution >= 4 is 32.8 Å². The number of aryl methyl sites for hydroxylation is 1. The van der Waals surface area contributed by atoms with Gasteiger partial charge in [0.15, 0.2) is 5.76 Å². The number of hydrogen-bond donors (Lipinski definition) is 1. The van der Waals surface area contributed by atoms with Gasteiger partial charge in [-0.25, -0.2) is 0 Å². The molecule has 2 heterocycles. The van der Waals surface area contributed by atoms with Gasteiger partial charge in [-0.05, 0) is 55.4 Å². The molecule has 116 valence electrons. The lowest BCUT2D eigenvalue weighted by molar-refractivity contribution is 0.0750. The van der Waals surface area contributed by atoms with E-state index in [-0.39, 0.29) is 11.9 Å². The van der Waals surface area contributed by atoms with E-state index in [0.717, 1.165) is 46.9 Å². The summed E-state index contributed by atoms with van der Waals surface area (Å²) in [4.78, 5) is 14.6. The molecular formula is C17H19BrN2O2. The van der Waals surface area contributed by atoms with Gasteiger partial charge in [0.1, 0.15) is 5.58 Å². The molecule has 1 saturated heterocycles. The van der Waals surface area contributed by atoms with Crippen LogP contribution in [-0.2, 0) is 0 Å². The fourth-order valence-electron chi connectivity index (χ4n) is 4.02. The van der Waals surface area contributed by atoms with Gasteiger partial charge in [0, 0.05) is 29.0 Å². The van der Waals surface area contributed by atoms with Crippen LogP contribution < -0.4 is 5.73 Å². The number of nitrogens with two attached hydrogens (primary N) is 1. The molecule has 1 amide bonds. The van der Waals surface area contributed by atoms with E-state index in [4.69, 9.17) is 10.2 Å². The molecule has 1 aromatic heterocycles. The molecule has 4 rings (SSSR count). The van der Waals surface area contributed by atoms with E-state index in [9.17, 15) is 4.79 Å². The van der Waals surface area contributed by atoms with Crippen LogP contribution in [0.1, 0.15) is 29.0 Å². The first-order valence-corrected chi connectivity index (χ1v) is 8.57. The summed E-state index contributed by atoms with van der Waals surface area (Å²) in [5, 5.41) is 0.964. The molecule has 3 unspecified atom stereocenters. The largest absolute Gasteiger partial charge is 0.451 e. The van der Waals surface area contributed by atoms with Gasteiger partial charge in [0.05, 0.1) is 0 Å². The SMILES string of the molecule is Cc1cc(Br)cc2cc(C(=O)N3CC4CCC(N)C4C3)oc12. The molecule has 1 aromatic carbocycles. The van der Waals surface area contributed by atoms with Gasteiger partial charge in [-0.3, -0.25) is 4.79 Å². The van der Waals surface area contributed by atoms with Crippen LogP contribution in [0.25, 0.3) is 11.0 Å². The molecular weight excluding hydrogens is 344 g/mol. The average Bonchev–Trinajstić information content (AvgIpc) is 3.14. The second kappa shape index (κ2) is 5.10. The Morgan fingerprint density at radius 3 is 2.91 bits per heavy atom. The summed E-state index contributed by atoms with van der Waals surface area (Å²) in [5.41, 5.74) is 7.98. The fraction of sp³-hybridized carbons (Fsp3) is 0.471. The zero-order valence-corrected chi connectivity index (χ0v) is 14.1. The smallest absolute Gasteiger partial charge is 0.289 e. The third-order valence-electron chi connectivity index (χ3n) is 5.18. The van der Waals surface area contributed by atoms with Crippen molar-refractivity contribution < 1.29 is 9.21 Å². The van der Waals surface area contributed by atoms with Gasteiger partial charge in [0.25, 0.3) is 5.91 Å². The van der Waals surface area contributed by atoms with E-state index >= 15 is 0 Å². The first kappa shape index (κ1) is 14.3. The van der Waals surface area contributed by atoms with Gasteiger partial charge < -0.3 is 15.1 Å². The zero-order valence-electron chi connectivity index (χ0n) is 12.5. The zero-order chi connectivity index (χ0) is 15.4. The minimum absolute atomic E-state index is 0.00618. The third-order valence-corrected chi connectivity index (χ3v) is 5.63. The quantitative estimate of drug-likeness (QED) is 0.846. The molecule has 1 saturated carbocycles. The third kappa shape index (κ3) is 2.18. The minimum atomic E-state index is -0.00618. The molecule has 5 heteroatoms. The number of furan rings is 1. The number of fused-ring (bicyclic) bond motifs is 2. The number of halogens is 1. The number of hydrogen-bond acceptors (Lipinski definition) is 3. The van der Waals surface area contributed by atoms with Crippen LogP contribution in [0, 0.1) is 18.8 Å². The highest BCUT2D eigenvalue weighted by atomic mass is 79.9. The van der Waals surface area contributed by atoms with Crippen molar-refractivity contribution in [1.29, 1.82) is 0 Å². The van der Waals surface area contributed by atoms with Crippen molar-refractivity contribution in [3.05, 3.63) is 34.0 Å². The van der Waals surface area contributed by atoms with E-state index in [1.165, 1.54) is 0 Å². The van der Waals surface area contributed by atoms with Crippen molar-refractivity contribution in [2.75, 3.05) is 13.1 Å². The van der Waals surface area contributed by atoms with Crippen molar-refractivity contribution in [3.63, 3.8) is 0 Å². The Kier molecular flexibility index (Phi) is 3.31. The molecule has 2 aromatic rings. The fourth-order valence-corrected chi connectivity index (χ4v) is 4.61. The van der Waals surface area contributed by atoms with Gasteiger partial charge in [-0.1, -0.05) is 15.9 Å². The molecule has 0 bridgehead atoms. The molecule has 22 heavy (non-hydrogen) atoms. The number of likely N-dealkylation sites (tertiary alicyclic amines) is 1. The maximum atomic E-state index is 12.7. The van der Waals surface area contributed by atoms with Crippen LogP contribution in [0.2, 0.25) is 0 Å². The average molecular weight is 363 g/mol. The maximum Gasteiger partial charge on any atom is 0.289 e. The summed E-state index contributed by atoms with van der Waals surface area (Å²) in [7, 11) is 0. The topological polar surface area (TPSA) is 59.5 Å². The van der Waals surface area contributed by atoms with E-state index in [2.05, 4.69) is 15.9 Å². The highest BCUT2D eigenvalue weighted by molar-refractivity contribution is 9.10. The summed E-state index contributed by atoms with van der Waals surface area (Å²) in [6.07, 6.45) is 2.23. The second-order valence-electron chi connectivity index (χ2n) is 6.63. The highest BCUT2D eigenvalue weighted by Gasteiger charge is 2.43. The van der Waals surface area contributed by atoms with Gasteiger partial charge in [0.2, 0.25) is 0 Å². The molecule has 2 aliphatic rings. The first-order chi connectivity index (χ1) is 10.5. The van der Waals surface area contributed by atoms with Gasteiger partial charge in [-0.2, -0.15) is 0 Å². The molecule has 2 fully saturated rings. The van der Waals surface area contributed by atoms with Crippen LogP contribution in [-0.4, -0.2) is 29.9 Å². The lowest BCUT2D eigenvalue weighted by Gasteiger charge is -2.17. The molecule has 0 radical (unpaired) electrons. The highest BCUT2D eigenvalue weighted by Crippen LogP contribution is 2.38. The van der Waals surface area contributed by atoms with Crippen molar-refractivity contribution in [2.24, 2.45) is 17.6 Å². The normalized spacial score (nSPS) is 27.6. The maximum absolute atomic E-state index is 12.7. The Balaban J connectivity index is 1.62. The molecule has 4 nitrogen and oxygen atoms in total. The van der Waals surface area contributed by atoms with Crippen LogP contribution in [0.3, 0.4) is 0 Å². The lowest BCUT2D eigenvalue weighted by Crippen LogP contribution is -2.33. The van der Waals surface area contributed by atoms with Crippen LogP contribution in [0.4, 0.5) is 0 Å². The number of carbonyl (C=O) groups excluding carboxylic acids is 1. The summed E-state index contributed by atoms with van der Waals surface area (Å²) < 4.78 is 6.83. The summed E-state index contributed by atoms with van der Waals surface area (Å²) >= 11 is 3.48. The molecule has 2 N–H and O–H groups in total. The Hall–Kier alpha value is -1.33.